The van der Waals surface area contributed by atoms with E-state index in [4.69, 9.17) is 4.74 Å². The van der Waals surface area contributed by atoms with Crippen LogP contribution in [-0.2, 0) is 14.3 Å². The second kappa shape index (κ2) is 7.31. The molecule has 0 bridgehead atoms. The van der Waals surface area contributed by atoms with Crippen LogP contribution in [0.2, 0.25) is 0 Å². The number of rotatable bonds is 6. The van der Waals surface area contributed by atoms with Gasteiger partial charge in [-0.1, -0.05) is 12.1 Å². The molecule has 0 unspecified atom stereocenters. The van der Waals surface area contributed by atoms with Gasteiger partial charge in [0.05, 0.1) is 7.11 Å². The smallest absolute Gasteiger partial charge is 0.308 e. The third kappa shape index (κ3) is 5.33. The van der Waals surface area contributed by atoms with Crippen molar-refractivity contribution in [2.24, 2.45) is 0 Å². The molecular formula is C14H16O5. The average molecular weight is 264 g/mol. The third-order valence-corrected chi connectivity index (χ3v) is 2.43. The molecule has 19 heavy (non-hydrogen) atoms. The van der Waals surface area contributed by atoms with E-state index in [0.29, 0.717) is 17.7 Å². The molecule has 1 rings (SSSR count). The van der Waals surface area contributed by atoms with Crippen molar-refractivity contribution in [2.45, 2.75) is 26.2 Å². The largest absolute Gasteiger partial charge is 0.469 e. The molecule has 0 saturated heterocycles. The van der Waals surface area contributed by atoms with Gasteiger partial charge in [-0.2, -0.15) is 0 Å². The molecule has 0 fully saturated rings. The molecule has 0 aliphatic heterocycles. The summed E-state index contributed by atoms with van der Waals surface area (Å²) in [6, 6.07) is 6.41. The topological polar surface area (TPSA) is 69.7 Å². The Morgan fingerprint density at radius 2 is 1.89 bits per heavy atom. The predicted octanol–water partition coefficient (Wildman–Crippen LogP) is 2.14. The van der Waals surface area contributed by atoms with E-state index in [1.54, 1.807) is 18.2 Å². The van der Waals surface area contributed by atoms with Crippen LogP contribution in [-0.4, -0.2) is 24.8 Å². The summed E-state index contributed by atoms with van der Waals surface area (Å²) in [5, 5.41) is 0. The fraction of sp³-hybridized carbons (Fsp3) is 0.357. The number of esters is 2. The van der Waals surface area contributed by atoms with Gasteiger partial charge in [-0.15, -0.1) is 0 Å². The molecule has 0 aliphatic carbocycles. The summed E-state index contributed by atoms with van der Waals surface area (Å²) in [5.41, 5.74) is 0.462. The number of carbonyl (C=O) groups is 3. The lowest BCUT2D eigenvalue weighted by Gasteiger charge is -2.04. The monoisotopic (exact) mass is 264 g/mol. The van der Waals surface area contributed by atoms with E-state index >= 15 is 0 Å². The van der Waals surface area contributed by atoms with Crippen LogP contribution in [0.15, 0.2) is 24.3 Å². The van der Waals surface area contributed by atoms with Crippen molar-refractivity contribution in [2.75, 3.05) is 7.11 Å². The second-order valence-electron chi connectivity index (χ2n) is 3.97. The fourth-order valence-corrected chi connectivity index (χ4v) is 1.54. The molecule has 0 atom stereocenters. The van der Waals surface area contributed by atoms with Crippen LogP contribution in [0.3, 0.4) is 0 Å². The molecule has 0 heterocycles. The summed E-state index contributed by atoms with van der Waals surface area (Å²) in [7, 11) is 1.31. The first kappa shape index (κ1) is 14.9. The van der Waals surface area contributed by atoms with Crippen LogP contribution in [0, 0.1) is 0 Å². The zero-order valence-corrected chi connectivity index (χ0v) is 11.0. The highest BCUT2D eigenvalue weighted by Gasteiger charge is 2.09. The van der Waals surface area contributed by atoms with Crippen LogP contribution >= 0.6 is 0 Å². The number of benzene rings is 1. The Morgan fingerprint density at radius 1 is 1.16 bits per heavy atom. The standard InChI is InChI=1S/C14H16O5/c1-10(15)19-12-6-3-5-11(9-12)13(16)7-4-8-14(17)18-2/h3,5-6,9H,4,7-8H2,1-2H3. The van der Waals surface area contributed by atoms with Crippen molar-refractivity contribution >= 4 is 17.7 Å². The molecule has 0 spiro atoms. The molecule has 0 N–H and O–H groups in total. The predicted molar refractivity (Wildman–Crippen MR) is 67.9 cm³/mol. The molecule has 0 aliphatic rings. The Kier molecular flexibility index (Phi) is 5.73. The first-order valence-corrected chi connectivity index (χ1v) is 5.91. The van der Waals surface area contributed by atoms with Crippen LogP contribution in [0.4, 0.5) is 0 Å². The van der Waals surface area contributed by atoms with Crippen molar-refractivity contribution in [3.8, 4) is 5.75 Å². The Hall–Kier alpha value is -2.17. The zero-order valence-electron chi connectivity index (χ0n) is 11.0. The lowest BCUT2D eigenvalue weighted by Crippen LogP contribution is -2.05. The number of hydrogen-bond acceptors (Lipinski definition) is 5. The van der Waals surface area contributed by atoms with Gasteiger partial charge in [0, 0.05) is 25.3 Å². The summed E-state index contributed by atoms with van der Waals surface area (Å²) in [6.45, 7) is 1.30. The van der Waals surface area contributed by atoms with E-state index in [0.717, 1.165) is 0 Å². The van der Waals surface area contributed by atoms with Crippen molar-refractivity contribution in [3.05, 3.63) is 29.8 Å². The Morgan fingerprint density at radius 3 is 2.53 bits per heavy atom. The third-order valence-electron chi connectivity index (χ3n) is 2.43. The van der Waals surface area contributed by atoms with Gasteiger partial charge in [-0.05, 0) is 18.6 Å². The van der Waals surface area contributed by atoms with Gasteiger partial charge in [0.15, 0.2) is 5.78 Å². The lowest BCUT2D eigenvalue weighted by molar-refractivity contribution is -0.140. The van der Waals surface area contributed by atoms with E-state index in [2.05, 4.69) is 4.74 Å². The summed E-state index contributed by atoms with van der Waals surface area (Å²) >= 11 is 0. The maximum absolute atomic E-state index is 11.9. The summed E-state index contributed by atoms with van der Waals surface area (Å²) in [5.74, 6) is -0.527. The van der Waals surface area contributed by atoms with Gasteiger partial charge >= 0.3 is 11.9 Å². The van der Waals surface area contributed by atoms with E-state index < -0.39 is 5.97 Å². The molecule has 0 saturated carbocycles. The van der Waals surface area contributed by atoms with Gasteiger partial charge in [0.25, 0.3) is 0 Å². The maximum atomic E-state index is 11.9. The van der Waals surface area contributed by atoms with Gasteiger partial charge in [-0.3, -0.25) is 14.4 Å². The van der Waals surface area contributed by atoms with E-state index in [-0.39, 0.29) is 24.6 Å². The summed E-state index contributed by atoms with van der Waals surface area (Å²) in [4.78, 5) is 33.6. The molecule has 5 heteroatoms. The normalized spacial score (nSPS) is 9.79. The quantitative estimate of drug-likeness (QED) is 0.447. The van der Waals surface area contributed by atoms with Gasteiger partial charge in [0.2, 0.25) is 0 Å². The molecule has 102 valence electrons. The zero-order chi connectivity index (χ0) is 14.3. The minimum Gasteiger partial charge on any atom is -0.469 e. The maximum Gasteiger partial charge on any atom is 0.308 e. The number of carbonyl (C=O) groups excluding carboxylic acids is 3. The average Bonchev–Trinajstić information content (AvgIpc) is 2.37. The molecular weight excluding hydrogens is 248 g/mol. The first-order valence-electron chi connectivity index (χ1n) is 5.91. The van der Waals surface area contributed by atoms with Crippen molar-refractivity contribution < 1.29 is 23.9 Å². The second-order valence-corrected chi connectivity index (χ2v) is 3.97. The van der Waals surface area contributed by atoms with Crippen LogP contribution in [0.25, 0.3) is 0 Å². The fourth-order valence-electron chi connectivity index (χ4n) is 1.54. The molecule has 1 aromatic rings. The first-order chi connectivity index (χ1) is 9.02. The van der Waals surface area contributed by atoms with Gasteiger partial charge in [-0.25, -0.2) is 0 Å². The summed E-state index contributed by atoms with van der Waals surface area (Å²) < 4.78 is 9.39. The minimum absolute atomic E-state index is 0.0992. The van der Waals surface area contributed by atoms with Crippen LogP contribution in [0.5, 0.6) is 5.75 Å². The van der Waals surface area contributed by atoms with Crippen LogP contribution < -0.4 is 4.74 Å². The molecule has 0 aromatic heterocycles. The van der Waals surface area contributed by atoms with Crippen molar-refractivity contribution in [3.63, 3.8) is 0 Å². The highest BCUT2D eigenvalue weighted by Crippen LogP contribution is 2.16. The van der Waals surface area contributed by atoms with Gasteiger partial charge < -0.3 is 9.47 Å². The van der Waals surface area contributed by atoms with E-state index in [1.165, 1.54) is 20.1 Å². The van der Waals surface area contributed by atoms with Gasteiger partial charge in [0.1, 0.15) is 5.75 Å². The number of Topliss-reactive ketones (excluding diaryl/α,β-unsaturated/α-hetero) is 1. The van der Waals surface area contributed by atoms with Crippen LogP contribution in [0.1, 0.15) is 36.5 Å². The molecule has 0 amide bonds. The van der Waals surface area contributed by atoms with Crippen molar-refractivity contribution in [1.82, 2.24) is 0 Å². The lowest BCUT2D eigenvalue weighted by atomic mass is 10.1. The number of methoxy groups -OCH3 is 1. The molecule has 0 radical (unpaired) electrons. The minimum atomic E-state index is -0.435. The highest BCUT2D eigenvalue weighted by atomic mass is 16.5. The number of hydrogen-bond donors (Lipinski definition) is 0. The van der Waals surface area contributed by atoms with Crippen molar-refractivity contribution in [1.29, 1.82) is 0 Å². The summed E-state index contributed by atoms with van der Waals surface area (Å²) in [6.07, 6.45) is 0.897. The highest BCUT2D eigenvalue weighted by molar-refractivity contribution is 5.96. The SMILES string of the molecule is COC(=O)CCCC(=O)c1cccc(OC(C)=O)c1. The number of ether oxygens (including phenoxy) is 2. The Balaban J connectivity index is 2.56. The van der Waals surface area contributed by atoms with E-state index in [9.17, 15) is 14.4 Å². The molecule has 5 nitrogen and oxygen atoms in total. The van der Waals surface area contributed by atoms with E-state index in [1.807, 2.05) is 0 Å². The number of ketones is 1. The Bertz CT molecular complexity index is 478. The Labute approximate surface area is 111 Å². The molecule has 1 aromatic carbocycles.